The van der Waals surface area contributed by atoms with Crippen LogP contribution in [-0.2, 0) is 6.54 Å². The first kappa shape index (κ1) is 9.15. The van der Waals surface area contributed by atoms with E-state index in [1.807, 2.05) is 0 Å². The molecule has 74 valence electrons. The van der Waals surface area contributed by atoms with E-state index >= 15 is 0 Å². The second-order valence-electron chi connectivity index (χ2n) is 3.28. The summed E-state index contributed by atoms with van der Waals surface area (Å²) in [4.78, 5) is 2.76. The molecule has 1 aromatic heterocycles. The fourth-order valence-electron chi connectivity index (χ4n) is 1.56. The van der Waals surface area contributed by atoms with Crippen molar-refractivity contribution in [3.63, 3.8) is 0 Å². The Bertz CT molecular complexity index is 488. The average Bonchev–Trinajstić information content (AvgIpc) is 2.52. The van der Waals surface area contributed by atoms with Gasteiger partial charge in [-0.2, -0.15) is 0 Å². The number of rotatable bonds is 1. The number of H-pyrrole nitrogens is 1. The highest BCUT2D eigenvalue weighted by molar-refractivity contribution is 5.81. The Labute approximate surface area is 79.7 Å². The van der Waals surface area contributed by atoms with Crippen molar-refractivity contribution >= 4 is 10.9 Å². The molecular weight excluding hydrogens is 186 g/mol. The summed E-state index contributed by atoms with van der Waals surface area (Å²) in [5.41, 5.74) is 6.51. The zero-order valence-corrected chi connectivity index (χ0v) is 7.70. The maximum atomic E-state index is 13.4. The number of aryl methyl sites for hydroxylation is 1. The van der Waals surface area contributed by atoms with Crippen molar-refractivity contribution < 1.29 is 8.78 Å². The van der Waals surface area contributed by atoms with Crippen LogP contribution in [0.1, 0.15) is 11.3 Å². The minimum absolute atomic E-state index is 0.00290. The molecule has 3 N–H and O–H groups in total. The van der Waals surface area contributed by atoms with Crippen molar-refractivity contribution in [2.24, 2.45) is 5.73 Å². The maximum Gasteiger partial charge on any atom is 0.183 e. The van der Waals surface area contributed by atoms with Crippen LogP contribution in [0.5, 0.6) is 0 Å². The molecule has 0 saturated heterocycles. The van der Waals surface area contributed by atoms with Crippen molar-refractivity contribution in [3.05, 3.63) is 35.0 Å². The number of hydrogen-bond donors (Lipinski definition) is 2. The van der Waals surface area contributed by atoms with Gasteiger partial charge in [-0.3, -0.25) is 0 Å². The molecule has 0 unspecified atom stereocenters. The van der Waals surface area contributed by atoms with E-state index in [1.54, 1.807) is 19.1 Å². The SMILES string of the molecule is Cc1cc2cc(CN)c(F)c(F)c2[nH]1. The zero-order chi connectivity index (χ0) is 10.3. The van der Waals surface area contributed by atoms with E-state index in [9.17, 15) is 8.78 Å². The maximum absolute atomic E-state index is 13.4. The van der Waals surface area contributed by atoms with Crippen molar-refractivity contribution in [2.45, 2.75) is 13.5 Å². The number of benzene rings is 1. The first-order valence-electron chi connectivity index (χ1n) is 4.29. The van der Waals surface area contributed by atoms with Gasteiger partial charge >= 0.3 is 0 Å². The van der Waals surface area contributed by atoms with Crippen LogP contribution in [0.2, 0.25) is 0 Å². The van der Waals surface area contributed by atoms with Gasteiger partial charge in [0.2, 0.25) is 0 Å². The highest BCUT2D eigenvalue weighted by atomic mass is 19.2. The number of halogens is 2. The lowest BCUT2D eigenvalue weighted by Gasteiger charge is -2.01. The van der Waals surface area contributed by atoms with Gasteiger partial charge in [0, 0.05) is 23.2 Å². The number of aromatic nitrogens is 1. The van der Waals surface area contributed by atoms with Crippen molar-refractivity contribution in [1.82, 2.24) is 4.98 Å². The molecule has 0 spiro atoms. The molecule has 0 saturated carbocycles. The van der Waals surface area contributed by atoms with E-state index in [2.05, 4.69) is 4.98 Å². The van der Waals surface area contributed by atoms with Crippen LogP contribution >= 0.6 is 0 Å². The molecule has 2 rings (SSSR count). The Morgan fingerprint density at radius 3 is 2.64 bits per heavy atom. The molecule has 0 radical (unpaired) electrons. The van der Waals surface area contributed by atoms with Crippen LogP contribution < -0.4 is 5.73 Å². The molecule has 14 heavy (non-hydrogen) atoms. The summed E-state index contributed by atoms with van der Waals surface area (Å²) in [6.07, 6.45) is 0. The molecule has 0 fully saturated rings. The lowest BCUT2D eigenvalue weighted by molar-refractivity contribution is 0.506. The Hall–Kier alpha value is -1.42. The Morgan fingerprint density at radius 2 is 2.00 bits per heavy atom. The van der Waals surface area contributed by atoms with Crippen LogP contribution in [0.25, 0.3) is 10.9 Å². The van der Waals surface area contributed by atoms with Crippen LogP contribution in [-0.4, -0.2) is 4.98 Å². The molecule has 0 atom stereocenters. The lowest BCUT2D eigenvalue weighted by atomic mass is 10.1. The minimum Gasteiger partial charge on any atom is -0.356 e. The van der Waals surface area contributed by atoms with Crippen molar-refractivity contribution in [1.29, 1.82) is 0 Å². The number of nitrogens with one attached hydrogen (secondary N) is 1. The first-order chi connectivity index (χ1) is 6.63. The summed E-state index contributed by atoms with van der Waals surface area (Å²) in [6, 6.07) is 3.33. The van der Waals surface area contributed by atoms with Gasteiger partial charge in [-0.1, -0.05) is 0 Å². The smallest absolute Gasteiger partial charge is 0.183 e. The Balaban J connectivity index is 2.84. The van der Waals surface area contributed by atoms with Gasteiger partial charge in [-0.15, -0.1) is 0 Å². The van der Waals surface area contributed by atoms with Crippen LogP contribution in [0.3, 0.4) is 0 Å². The molecule has 1 aromatic carbocycles. The number of fused-ring (bicyclic) bond motifs is 1. The number of nitrogens with two attached hydrogens (primary N) is 1. The normalized spacial score (nSPS) is 11.1. The summed E-state index contributed by atoms with van der Waals surface area (Å²) >= 11 is 0. The fraction of sp³-hybridized carbons (Fsp3) is 0.200. The van der Waals surface area contributed by atoms with Crippen LogP contribution in [0.15, 0.2) is 12.1 Å². The highest BCUT2D eigenvalue weighted by Crippen LogP contribution is 2.23. The van der Waals surface area contributed by atoms with E-state index < -0.39 is 11.6 Å². The second-order valence-corrected chi connectivity index (χ2v) is 3.28. The molecule has 1 heterocycles. The molecule has 0 amide bonds. The average molecular weight is 196 g/mol. The topological polar surface area (TPSA) is 41.8 Å². The van der Waals surface area contributed by atoms with Gasteiger partial charge in [0.25, 0.3) is 0 Å². The van der Waals surface area contributed by atoms with E-state index in [4.69, 9.17) is 5.73 Å². The lowest BCUT2D eigenvalue weighted by Crippen LogP contribution is -2.02. The fourth-order valence-corrected chi connectivity index (χ4v) is 1.56. The van der Waals surface area contributed by atoms with Crippen molar-refractivity contribution in [3.8, 4) is 0 Å². The summed E-state index contributed by atoms with van der Waals surface area (Å²) in [7, 11) is 0. The van der Waals surface area contributed by atoms with E-state index in [-0.39, 0.29) is 17.6 Å². The second kappa shape index (κ2) is 3.06. The van der Waals surface area contributed by atoms with Gasteiger partial charge in [0.05, 0.1) is 5.52 Å². The molecule has 2 aromatic rings. The Kier molecular flexibility index (Phi) is 2.00. The monoisotopic (exact) mass is 196 g/mol. The number of aromatic amines is 1. The molecular formula is C10H10F2N2. The van der Waals surface area contributed by atoms with Gasteiger partial charge in [-0.25, -0.2) is 8.78 Å². The van der Waals surface area contributed by atoms with Crippen LogP contribution in [0, 0.1) is 18.6 Å². The first-order valence-corrected chi connectivity index (χ1v) is 4.29. The number of hydrogen-bond acceptors (Lipinski definition) is 1. The van der Waals surface area contributed by atoms with E-state index in [0.29, 0.717) is 5.39 Å². The molecule has 0 aliphatic rings. The van der Waals surface area contributed by atoms with Gasteiger partial charge < -0.3 is 10.7 Å². The summed E-state index contributed by atoms with van der Waals surface area (Å²) in [6.45, 7) is 1.79. The van der Waals surface area contributed by atoms with Gasteiger partial charge in [-0.05, 0) is 19.1 Å². The van der Waals surface area contributed by atoms with E-state index in [1.165, 1.54) is 0 Å². The third-order valence-electron chi connectivity index (χ3n) is 2.23. The van der Waals surface area contributed by atoms with Gasteiger partial charge in [0.1, 0.15) is 0 Å². The predicted octanol–water partition coefficient (Wildman–Crippen LogP) is 2.21. The summed E-state index contributed by atoms with van der Waals surface area (Å²) in [5.74, 6) is -1.71. The summed E-state index contributed by atoms with van der Waals surface area (Å²) < 4.78 is 26.7. The molecule has 0 aliphatic carbocycles. The standard InChI is InChI=1S/C10H10F2N2/c1-5-2-6-3-7(4-13)8(11)9(12)10(6)14-5/h2-3,14H,4,13H2,1H3. The highest BCUT2D eigenvalue weighted by Gasteiger charge is 2.13. The predicted molar refractivity (Wildman–Crippen MR) is 50.8 cm³/mol. The van der Waals surface area contributed by atoms with E-state index in [0.717, 1.165) is 5.69 Å². The Morgan fingerprint density at radius 1 is 1.29 bits per heavy atom. The minimum atomic E-state index is -0.859. The molecule has 2 nitrogen and oxygen atoms in total. The molecule has 0 bridgehead atoms. The third-order valence-corrected chi connectivity index (χ3v) is 2.23. The van der Waals surface area contributed by atoms with Gasteiger partial charge in [0.15, 0.2) is 11.6 Å². The molecule has 0 aliphatic heterocycles. The zero-order valence-electron chi connectivity index (χ0n) is 7.70. The van der Waals surface area contributed by atoms with Crippen molar-refractivity contribution in [2.75, 3.05) is 0 Å². The molecule has 4 heteroatoms. The third kappa shape index (κ3) is 1.19. The largest absolute Gasteiger partial charge is 0.356 e. The quantitative estimate of drug-likeness (QED) is 0.721. The van der Waals surface area contributed by atoms with Crippen LogP contribution in [0.4, 0.5) is 8.78 Å². The summed E-state index contributed by atoms with van der Waals surface area (Å²) in [5, 5.41) is 0.654.